The quantitative estimate of drug-likeness (QED) is 0.0200. The highest BCUT2D eigenvalue weighted by atomic mass is 31.2. The van der Waals surface area contributed by atoms with E-state index in [9.17, 15) is 34.1 Å². The molecule has 12 heteroatoms. The zero-order chi connectivity index (χ0) is 44.9. The van der Waals surface area contributed by atoms with Gasteiger partial charge in [-0.1, -0.05) is 196 Å². The minimum Gasteiger partial charge on any atom is -0.480 e. The largest absolute Gasteiger partial charge is 0.480 e. The van der Waals surface area contributed by atoms with Crippen LogP contribution in [-0.2, 0) is 32.7 Å². The lowest BCUT2D eigenvalue weighted by atomic mass is 10.0. The molecule has 0 aliphatic carbocycles. The lowest BCUT2D eigenvalue weighted by Gasteiger charge is -2.18. The van der Waals surface area contributed by atoms with E-state index in [-0.39, 0.29) is 12.8 Å². The summed E-state index contributed by atoms with van der Waals surface area (Å²) < 4.78 is 26.8. The topological polar surface area (TPSA) is 169 Å². The molecule has 0 radical (unpaired) electrons. The van der Waals surface area contributed by atoms with Crippen molar-refractivity contribution in [2.75, 3.05) is 19.8 Å². The number of amides is 1. The average molecular weight is 878 g/mol. The number of esters is 1. The molecule has 0 spiro atoms. The standard InChI is InChI=1S/C49H84NO10P/c1-3-5-7-9-11-13-15-17-19-21-23-25-27-29-31-33-35-37-39-41-48(53)58-42-45(51)43-59-61(56,57)60-44-46(49(54)55)50-47(52)40-38-36-34-32-30-28-26-24-22-20-18-16-14-12-10-8-6-4-2/h5,7,11,13,17,19,23,25,29,31,35,37,45-46,51H,3-4,6,8-10,12,14-16,18,20-22,24,26-28,30,32-34,36,38-44H2,1-2H3,(H,50,52)(H,54,55)(H,56,57)/b7-5-,13-11-,19-17-,25-23-,31-29-,37-35-. The zero-order valence-corrected chi connectivity index (χ0v) is 38.8. The molecule has 4 N–H and O–H groups in total. The summed E-state index contributed by atoms with van der Waals surface area (Å²) in [6.07, 6.45) is 52.2. The fourth-order valence-electron chi connectivity index (χ4n) is 6.16. The molecule has 11 nitrogen and oxygen atoms in total. The SMILES string of the molecule is CC/C=C\C/C=C\C/C=C\C/C=C\C/C=C\C/C=C\CCC(=O)OCC(O)COP(=O)(O)OCC(NC(=O)CCCCCCCCCCCCCCCCCCCC)C(=O)O. The summed E-state index contributed by atoms with van der Waals surface area (Å²) in [6, 6.07) is -1.56. The summed E-state index contributed by atoms with van der Waals surface area (Å²) in [4.78, 5) is 46.0. The first-order valence-corrected chi connectivity index (χ1v) is 25.0. The van der Waals surface area contributed by atoms with E-state index in [0.717, 1.165) is 57.8 Å². The van der Waals surface area contributed by atoms with Crippen molar-refractivity contribution in [3.8, 4) is 0 Å². The van der Waals surface area contributed by atoms with E-state index in [0.29, 0.717) is 12.8 Å². The van der Waals surface area contributed by atoms with Crippen LogP contribution in [-0.4, -0.2) is 64.9 Å². The predicted octanol–water partition coefficient (Wildman–Crippen LogP) is 12.5. The third-order valence-corrected chi connectivity index (χ3v) is 10.7. The second-order valence-corrected chi connectivity index (χ2v) is 17.0. The number of rotatable bonds is 43. The minimum absolute atomic E-state index is 0.0964. The fourth-order valence-corrected chi connectivity index (χ4v) is 6.94. The van der Waals surface area contributed by atoms with Crippen LogP contribution in [0.4, 0.5) is 0 Å². The Morgan fingerprint density at radius 2 is 0.934 bits per heavy atom. The number of carboxylic acid groups (broad SMARTS) is 1. The van der Waals surface area contributed by atoms with Gasteiger partial charge < -0.3 is 25.2 Å². The number of allylic oxidation sites excluding steroid dienone is 12. The second-order valence-electron chi connectivity index (χ2n) is 15.6. The Balaban J connectivity index is 3.96. The highest BCUT2D eigenvalue weighted by molar-refractivity contribution is 7.47. The zero-order valence-electron chi connectivity index (χ0n) is 37.9. The number of hydrogen-bond acceptors (Lipinski definition) is 8. The number of aliphatic hydroxyl groups excluding tert-OH is 1. The van der Waals surface area contributed by atoms with Crippen molar-refractivity contribution in [3.63, 3.8) is 0 Å². The Hall–Kier alpha value is -3.08. The smallest absolute Gasteiger partial charge is 0.472 e. The number of phosphoric acid groups is 1. The van der Waals surface area contributed by atoms with Gasteiger partial charge in [-0.25, -0.2) is 9.36 Å². The van der Waals surface area contributed by atoms with Crippen LogP contribution in [0.3, 0.4) is 0 Å². The summed E-state index contributed by atoms with van der Waals surface area (Å²) >= 11 is 0. The number of unbranched alkanes of at least 4 members (excludes halogenated alkanes) is 17. The first-order chi connectivity index (χ1) is 29.6. The van der Waals surface area contributed by atoms with E-state index < -0.39 is 57.6 Å². The van der Waals surface area contributed by atoms with Crippen molar-refractivity contribution >= 4 is 25.7 Å². The molecule has 0 aromatic rings. The molecular formula is C49H84NO10P. The van der Waals surface area contributed by atoms with Gasteiger partial charge in [-0.05, 0) is 51.4 Å². The van der Waals surface area contributed by atoms with Crippen molar-refractivity contribution in [3.05, 3.63) is 72.9 Å². The summed E-state index contributed by atoms with van der Waals surface area (Å²) in [7, 11) is -4.78. The molecule has 1 amide bonds. The molecular weight excluding hydrogens is 794 g/mol. The van der Waals surface area contributed by atoms with Crippen molar-refractivity contribution < 1.29 is 47.8 Å². The highest BCUT2D eigenvalue weighted by Gasteiger charge is 2.28. The fraction of sp³-hybridized carbons (Fsp3) is 0.694. The van der Waals surface area contributed by atoms with Crippen LogP contribution >= 0.6 is 7.82 Å². The van der Waals surface area contributed by atoms with Gasteiger partial charge in [0.15, 0.2) is 6.04 Å². The van der Waals surface area contributed by atoms with E-state index in [1.165, 1.54) is 89.9 Å². The first kappa shape index (κ1) is 57.9. The predicted molar refractivity (Wildman–Crippen MR) is 249 cm³/mol. The number of hydrogen-bond donors (Lipinski definition) is 4. The maximum Gasteiger partial charge on any atom is 0.472 e. The van der Waals surface area contributed by atoms with E-state index in [1.54, 1.807) is 0 Å². The number of ether oxygens (including phenoxy) is 1. The van der Waals surface area contributed by atoms with Crippen LogP contribution in [0.25, 0.3) is 0 Å². The summed E-state index contributed by atoms with van der Waals surface area (Å²) in [5, 5.41) is 21.9. The molecule has 0 saturated carbocycles. The minimum atomic E-state index is -4.78. The molecule has 3 unspecified atom stereocenters. The number of carbonyl (C=O) groups is 3. The summed E-state index contributed by atoms with van der Waals surface area (Å²) in [5.41, 5.74) is 0. The van der Waals surface area contributed by atoms with Crippen LogP contribution in [0.15, 0.2) is 72.9 Å². The van der Waals surface area contributed by atoms with Gasteiger partial charge in [0.25, 0.3) is 0 Å². The number of aliphatic carboxylic acids is 1. The lowest BCUT2D eigenvalue weighted by Crippen LogP contribution is -2.43. The van der Waals surface area contributed by atoms with Crippen molar-refractivity contribution in [2.45, 2.75) is 199 Å². The third-order valence-electron chi connectivity index (χ3n) is 9.77. The van der Waals surface area contributed by atoms with Gasteiger partial charge in [-0.15, -0.1) is 0 Å². The van der Waals surface area contributed by atoms with E-state index in [2.05, 4.69) is 73.8 Å². The van der Waals surface area contributed by atoms with Gasteiger partial charge in [-0.3, -0.25) is 18.6 Å². The number of carboxylic acids is 1. The van der Waals surface area contributed by atoms with Crippen LogP contribution in [0.1, 0.15) is 187 Å². The number of aliphatic hydroxyl groups is 1. The molecule has 0 aliphatic rings. The number of phosphoric ester groups is 1. The van der Waals surface area contributed by atoms with Gasteiger partial charge in [-0.2, -0.15) is 0 Å². The Morgan fingerprint density at radius 1 is 0.541 bits per heavy atom. The maximum absolute atomic E-state index is 12.3. The lowest BCUT2D eigenvalue weighted by molar-refractivity contribution is -0.147. The number of nitrogens with one attached hydrogen (secondary N) is 1. The van der Waals surface area contributed by atoms with Crippen LogP contribution in [0.2, 0.25) is 0 Å². The molecule has 0 heterocycles. The Morgan fingerprint density at radius 3 is 1.36 bits per heavy atom. The molecule has 0 saturated heterocycles. The Bertz CT molecular complexity index is 1310. The van der Waals surface area contributed by atoms with Crippen LogP contribution < -0.4 is 5.32 Å². The molecule has 0 aliphatic heterocycles. The highest BCUT2D eigenvalue weighted by Crippen LogP contribution is 2.43. The molecule has 0 bridgehead atoms. The van der Waals surface area contributed by atoms with Crippen molar-refractivity contribution in [1.82, 2.24) is 5.32 Å². The molecule has 350 valence electrons. The van der Waals surface area contributed by atoms with Crippen LogP contribution in [0, 0.1) is 0 Å². The Kier molecular flexibility index (Phi) is 41.4. The molecule has 0 aromatic heterocycles. The van der Waals surface area contributed by atoms with Gasteiger partial charge in [0.2, 0.25) is 5.91 Å². The molecule has 0 fully saturated rings. The van der Waals surface area contributed by atoms with E-state index in [4.69, 9.17) is 13.8 Å². The van der Waals surface area contributed by atoms with Crippen molar-refractivity contribution in [2.24, 2.45) is 0 Å². The van der Waals surface area contributed by atoms with E-state index in [1.807, 2.05) is 18.2 Å². The molecule has 0 rings (SSSR count). The van der Waals surface area contributed by atoms with E-state index >= 15 is 0 Å². The monoisotopic (exact) mass is 878 g/mol. The molecule has 0 aromatic carbocycles. The third kappa shape index (κ3) is 43.4. The maximum atomic E-state index is 12.3. The van der Waals surface area contributed by atoms with Crippen molar-refractivity contribution in [1.29, 1.82) is 0 Å². The van der Waals surface area contributed by atoms with Gasteiger partial charge in [0, 0.05) is 12.8 Å². The van der Waals surface area contributed by atoms with Gasteiger partial charge >= 0.3 is 19.8 Å². The first-order valence-electron chi connectivity index (χ1n) is 23.5. The summed E-state index contributed by atoms with van der Waals surface area (Å²) in [6.45, 7) is 2.41. The second kappa shape index (κ2) is 43.6. The number of carbonyl (C=O) groups excluding carboxylic acids is 2. The summed E-state index contributed by atoms with van der Waals surface area (Å²) in [5.74, 6) is -2.46. The average Bonchev–Trinajstić information content (AvgIpc) is 3.24. The Labute approximate surface area is 369 Å². The van der Waals surface area contributed by atoms with Gasteiger partial charge in [0.1, 0.15) is 12.7 Å². The molecule has 3 atom stereocenters. The molecule has 61 heavy (non-hydrogen) atoms. The normalized spacial score (nSPS) is 14.3. The van der Waals surface area contributed by atoms with Gasteiger partial charge in [0.05, 0.1) is 13.2 Å². The van der Waals surface area contributed by atoms with Crippen LogP contribution in [0.5, 0.6) is 0 Å².